The third-order valence-electron chi connectivity index (χ3n) is 9.15. The summed E-state index contributed by atoms with van der Waals surface area (Å²) < 4.78 is 45.8. The van der Waals surface area contributed by atoms with Crippen molar-refractivity contribution >= 4 is 39.1 Å². The van der Waals surface area contributed by atoms with Gasteiger partial charge in [-0.05, 0) is 91.1 Å². The summed E-state index contributed by atoms with van der Waals surface area (Å²) in [5.74, 6) is 0.763. The van der Waals surface area contributed by atoms with Gasteiger partial charge in [0, 0.05) is 41.6 Å². The molecule has 0 radical (unpaired) electrons. The number of thioether (sulfide) groups is 1. The Labute approximate surface area is 307 Å². The van der Waals surface area contributed by atoms with E-state index in [2.05, 4.69) is 10.3 Å². The van der Waals surface area contributed by atoms with Gasteiger partial charge in [0.2, 0.25) is 0 Å². The first-order valence-electron chi connectivity index (χ1n) is 17.1. The zero-order valence-electron chi connectivity index (χ0n) is 29.3. The highest BCUT2D eigenvalue weighted by Gasteiger charge is 2.33. The molecule has 0 aliphatic carbocycles. The van der Waals surface area contributed by atoms with Gasteiger partial charge in [0.25, 0.3) is 0 Å². The second-order valence-electron chi connectivity index (χ2n) is 12.5. The second kappa shape index (κ2) is 16.4. The topological polar surface area (TPSA) is 153 Å². The summed E-state index contributed by atoms with van der Waals surface area (Å²) in [7, 11) is -2.63. The van der Waals surface area contributed by atoms with Crippen LogP contribution in [0.1, 0.15) is 65.5 Å². The van der Waals surface area contributed by atoms with Crippen molar-refractivity contribution in [3.63, 3.8) is 0 Å². The first kappa shape index (κ1) is 37.1. The van der Waals surface area contributed by atoms with Crippen molar-refractivity contribution in [2.24, 2.45) is 0 Å². The normalized spacial score (nSPS) is 14.5. The minimum absolute atomic E-state index is 0.00579. The zero-order valence-corrected chi connectivity index (χ0v) is 31.0. The average Bonchev–Trinajstić information content (AvgIpc) is 3.55. The monoisotopic (exact) mass is 746 g/mol. The maximum atomic E-state index is 13.2. The fraction of sp³-hybridized carbons (Fsp3) is 0.342. The zero-order chi connectivity index (χ0) is 36.8. The number of fused-ring (bicyclic) bond motifs is 2. The van der Waals surface area contributed by atoms with Crippen molar-refractivity contribution in [3.8, 4) is 17.2 Å². The number of unbranched alkanes of at least 4 members (excludes halogenated alkanes) is 1. The van der Waals surface area contributed by atoms with Crippen LogP contribution < -0.4 is 8.92 Å². The number of esters is 1. The van der Waals surface area contributed by atoms with E-state index in [9.17, 15) is 23.4 Å². The molecule has 6 rings (SSSR count). The summed E-state index contributed by atoms with van der Waals surface area (Å²) in [6.45, 7) is 4.61. The van der Waals surface area contributed by atoms with E-state index < -0.39 is 16.2 Å². The van der Waals surface area contributed by atoms with E-state index in [4.69, 9.17) is 13.7 Å². The van der Waals surface area contributed by atoms with Crippen molar-refractivity contribution in [3.05, 3.63) is 106 Å². The fourth-order valence-electron chi connectivity index (χ4n) is 6.51. The van der Waals surface area contributed by atoms with Crippen LogP contribution in [0, 0.1) is 6.92 Å². The number of nitrogens with zero attached hydrogens (tertiary/aromatic N) is 4. The van der Waals surface area contributed by atoms with Gasteiger partial charge < -0.3 is 23.9 Å². The van der Waals surface area contributed by atoms with Crippen LogP contribution in [-0.2, 0) is 46.1 Å². The van der Waals surface area contributed by atoms with Crippen LogP contribution in [0.2, 0.25) is 0 Å². The molecule has 0 spiro atoms. The number of ether oxygens (including phenoxy) is 2. The van der Waals surface area contributed by atoms with E-state index >= 15 is 0 Å². The molecule has 4 aromatic carbocycles. The number of aromatic hydroxyl groups is 1. The van der Waals surface area contributed by atoms with Gasteiger partial charge in [-0.25, -0.2) is 4.68 Å². The molecule has 0 saturated heterocycles. The fourth-order valence-corrected chi connectivity index (χ4v) is 8.66. The van der Waals surface area contributed by atoms with Crippen molar-refractivity contribution in [2.75, 3.05) is 19.5 Å². The van der Waals surface area contributed by atoms with E-state index in [-0.39, 0.29) is 50.2 Å². The number of carbonyl (C=O) groups is 1. The summed E-state index contributed by atoms with van der Waals surface area (Å²) >= 11 is 1.74. The molecule has 0 fully saturated rings. The molecule has 1 aromatic heterocycles. The molecule has 0 amide bonds. The Balaban J connectivity index is 1.24. The van der Waals surface area contributed by atoms with Crippen LogP contribution >= 0.6 is 11.8 Å². The highest BCUT2D eigenvalue weighted by atomic mass is 32.2. The second-order valence-corrected chi connectivity index (χ2v) is 15.2. The van der Waals surface area contributed by atoms with Gasteiger partial charge in [0.15, 0.2) is 0 Å². The average molecular weight is 747 g/mol. The van der Waals surface area contributed by atoms with Gasteiger partial charge in [-0.2, -0.15) is 12.7 Å². The minimum Gasteiger partial charge on any atom is -0.508 e. The van der Waals surface area contributed by atoms with Gasteiger partial charge in [-0.15, -0.1) is 16.9 Å². The van der Waals surface area contributed by atoms with Crippen LogP contribution in [0.25, 0.3) is 11.0 Å². The standard InChI is InChI=1S/C38H42N4O8S2/c1-4-49-37(45)21-32(26-11-15-34(48-3)28(19-26)22-41-23-29-20-30(44)12-16-35(29)50-52(41,46)47)31-13-14-33-38(25(31)2)39-40-42(33)17-7-8-18-51-36-10-6-5-9-27(36)24-43/h5-6,9-16,19-20,32,43-44H,4,7-8,17-18,21-24H2,1-3H3. The highest BCUT2D eigenvalue weighted by molar-refractivity contribution is 7.99. The molecule has 274 valence electrons. The molecule has 1 atom stereocenters. The quantitative estimate of drug-likeness (QED) is 0.0711. The third kappa shape index (κ3) is 8.20. The van der Waals surface area contributed by atoms with Gasteiger partial charge in [-0.1, -0.05) is 41.6 Å². The van der Waals surface area contributed by atoms with E-state index in [1.807, 2.05) is 60.1 Å². The van der Waals surface area contributed by atoms with Crippen LogP contribution in [0.3, 0.4) is 0 Å². The molecule has 12 nitrogen and oxygen atoms in total. The lowest BCUT2D eigenvalue weighted by molar-refractivity contribution is -0.143. The molecule has 5 aromatic rings. The Morgan fingerprint density at radius 1 is 1.06 bits per heavy atom. The summed E-state index contributed by atoms with van der Waals surface area (Å²) in [6, 6.07) is 21.7. The van der Waals surface area contributed by atoms with Gasteiger partial charge in [0.1, 0.15) is 22.8 Å². The van der Waals surface area contributed by atoms with Gasteiger partial charge in [0.05, 0.1) is 32.3 Å². The number of benzene rings is 4. The number of hydrogen-bond donors (Lipinski definition) is 2. The maximum Gasteiger partial charge on any atom is 0.385 e. The smallest absolute Gasteiger partial charge is 0.385 e. The Hall–Kier alpha value is -4.63. The maximum absolute atomic E-state index is 13.2. The SMILES string of the molecule is CCOC(=O)CC(c1ccc(OC)c(CN2Cc3cc(O)ccc3OS2(=O)=O)c1)c1ccc2c(nnn2CCCCSc2ccccc2CO)c1C. The Morgan fingerprint density at radius 2 is 1.88 bits per heavy atom. The minimum atomic E-state index is -4.15. The molecular formula is C38H42N4O8S2. The molecule has 0 saturated carbocycles. The molecule has 14 heteroatoms. The van der Waals surface area contributed by atoms with E-state index in [0.29, 0.717) is 23.4 Å². The molecule has 1 aliphatic heterocycles. The molecule has 2 N–H and O–H groups in total. The van der Waals surface area contributed by atoms with Gasteiger partial charge in [-0.3, -0.25) is 4.79 Å². The number of phenols is 1. The molecule has 1 unspecified atom stereocenters. The largest absolute Gasteiger partial charge is 0.508 e. The number of rotatable bonds is 15. The lowest BCUT2D eigenvalue weighted by atomic mass is 9.84. The first-order chi connectivity index (χ1) is 25.1. The van der Waals surface area contributed by atoms with Crippen molar-refractivity contribution in [1.29, 1.82) is 0 Å². The van der Waals surface area contributed by atoms with E-state index in [1.54, 1.807) is 24.8 Å². The number of aromatic nitrogens is 3. The van der Waals surface area contributed by atoms with E-state index in [1.165, 1.54) is 29.6 Å². The molecule has 0 bridgehead atoms. The van der Waals surface area contributed by atoms with Crippen LogP contribution in [-0.4, -0.2) is 63.4 Å². The summed E-state index contributed by atoms with van der Waals surface area (Å²) in [5.41, 5.74) is 6.21. The Morgan fingerprint density at radius 3 is 2.67 bits per heavy atom. The third-order valence-corrected chi connectivity index (χ3v) is 11.6. The van der Waals surface area contributed by atoms with Crippen LogP contribution in [0.15, 0.2) is 77.7 Å². The number of aryl methyl sites for hydroxylation is 2. The Kier molecular flexibility index (Phi) is 11.7. The lowest BCUT2D eigenvalue weighted by Crippen LogP contribution is -2.37. The molecule has 2 heterocycles. The Bertz CT molecular complexity index is 2170. The van der Waals surface area contributed by atoms with Crippen molar-refractivity contribution in [1.82, 2.24) is 19.3 Å². The van der Waals surface area contributed by atoms with Crippen molar-refractivity contribution < 1.29 is 37.1 Å². The number of hydrogen-bond acceptors (Lipinski definition) is 11. The van der Waals surface area contributed by atoms with Gasteiger partial charge >= 0.3 is 16.3 Å². The molecular weight excluding hydrogens is 705 g/mol. The number of carbonyl (C=O) groups excluding carboxylic acids is 1. The van der Waals surface area contributed by atoms with Crippen LogP contribution in [0.4, 0.5) is 0 Å². The molecule has 1 aliphatic rings. The van der Waals surface area contributed by atoms with E-state index in [0.717, 1.165) is 56.8 Å². The molecule has 52 heavy (non-hydrogen) atoms. The predicted molar refractivity (Wildman–Crippen MR) is 198 cm³/mol. The number of aliphatic hydroxyl groups excluding tert-OH is 1. The van der Waals surface area contributed by atoms with Crippen molar-refractivity contribution in [2.45, 2.75) is 70.2 Å². The highest BCUT2D eigenvalue weighted by Crippen LogP contribution is 2.38. The summed E-state index contributed by atoms with van der Waals surface area (Å²) in [5, 5.41) is 28.6. The predicted octanol–water partition coefficient (Wildman–Crippen LogP) is 6.24. The van der Waals surface area contributed by atoms with Crippen LogP contribution in [0.5, 0.6) is 17.2 Å². The summed E-state index contributed by atoms with van der Waals surface area (Å²) in [6.07, 6.45) is 1.91. The number of phenolic OH excluding ortho intramolecular Hbond substituents is 1. The lowest BCUT2D eigenvalue weighted by Gasteiger charge is -2.28. The summed E-state index contributed by atoms with van der Waals surface area (Å²) in [4.78, 5) is 14.1. The number of aliphatic hydroxyl groups is 1. The number of methoxy groups -OCH3 is 1. The first-order valence-corrected chi connectivity index (χ1v) is 19.4.